The molecule has 0 atom stereocenters. The van der Waals surface area contributed by atoms with Crippen LogP contribution < -0.4 is 10.2 Å². The lowest BCUT2D eigenvalue weighted by atomic mass is 10.1. The SMILES string of the molecule is CCn1c(C)cc(/C=N/NC(=O)Cc2cccc(OC)c2)c1C. The Morgan fingerprint density at radius 3 is 2.78 bits per heavy atom. The average Bonchev–Trinajstić information content (AvgIpc) is 2.81. The second-order valence-corrected chi connectivity index (χ2v) is 5.39. The standard InChI is InChI=1S/C18H23N3O2/c1-5-21-13(2)9-16(14(21)3)12-19-20-18(22)11-15-7-6-8-17(10-15)23-4/h6-10,12H,5,11H2,1-4H3,(H,20,22)/b19-12+. The van der Waals surface area contributed by atoms with Crippen LogP contribution in [0.3, 0.4) is 0 Å². The molecule has 0 spiro atoms. The van der Waals surface area contributed by atoms with Gasteiger partial charge in [-0.3, -0.25) is 4.79 Å². The Morgan fingerprint density at radius 1 is 1.35 bits per heavy atom. The zero-order valence-corrected chi connectivity index (χ0v) is 14.1. The first-order valence-corrected chi connectivity index (χ1v) is 7.66. The van der Waals surface area contributed by atoms with Gasteiger partial charge >= 0.3 is 0 Å². The first-order valence-electron chi connectivity index (χ1n) is 7.66. The first kappa shape index (κ1) is 16.8. The van der Waals surface area contributed by atoms with Gasteiger partial charge in [-0.2, -0.15) is 5.10 Å². The number of rotatable bonds is 6. The highest BCUT2D eigenvalue weighted by atomic mass is 16.5. The molecule has 0 saturated carbocycles. The van der Waals surface area contributed by atoms with E-state index in [-0.39, 0.29) is 12.3 Å². The number of hydrazone groups is 1. The van der Waals surface area contributed by atoms with E-state index in [0.29, 0.717) is 0 Å². The average molecular weight is 313 g/mol. The molecular formula is C18H23N3O2. The molecule has 0 aliphatic heterocycles. The van der Waals surface area contributed by atoms with Crippen LogP contribution in [0, 0.1) is 13.8 Å². The van der Waals surface area contributed by atoms with Gasteiger partial charge in [-0.25, -0.2) is 5.43 Å². The number of methoxy groups -OCH3 is 1. The third-order valence-corrected chi connectivity index (χ3v) is 3.82. The Bertz CT molecular complexity index is 717. The summed E-state index contributed by atoms with van der Waals surface area (Å²) in [5.74, 6) is 0.588. The Balaban J connectivity index is 1.96. The van der Waals surface area contributed by atoms with Crippen molar-refractivity contribution in [3.63, 3.8) is 0 Å². The van der Waals surface area contributed by atoms with Crippen molar-refractivity contribution in [1.29, 1.82) is 0 Å². The van der Waals surface area contributed by atoms with Crippen molar-refractivity contribution in [2.45, 2.75) is 33.7 Å². The molecule has 1 heterocycles. The van der Waals surface area contributed by atoms with Gasteiger partial charge < -0.3 is 9.30 Å². The molecule has 0 bridgehead atoms. The molecule has 0 radical (unpaired) electrons. The van der Waals surface area contributed by atoms with E-state index < -0.39 is 0 Å². The van der Waals surface area contributed by atoms with Gasteiger partial charge in [-0.15, -0.1) is 0 Å². The molecule has 0 aliphatic carbocycles. The van der Waals surface area contributed by atoms with Gasteiger partial charge in [0.05, 0.1) is 19.7 Å². The van der Waals surface area contributed by atoms with E-state index in [2.05, 4.69) is 41.9 Å². The number of carbonyl (C=O) groups is 1. The summed E-state index contributed by atoms with van der Waals surface area (Å²) in [6.45, 7) is 7.15. The third-order valence-electron chi connectivity index (χ3n) is 3.82. The van der Waals surface area contributed by atoms with Crippen molar-refractivity contribution in [2.24, 2.45) is 5.10 Å². The van der Waals surface area contributed by atoms with Crippen molar-refractivity contribution in [1.82, 2.24) is 9.99 Å². The second kappa shape index (κ2) is 7.63. The van der Waals surface area contributed by atoms with Crippen LogP contribution in [0.5, 0.6) is 5.75 Å². The highest BCUT2D eigenvalue weighted by Crippen LogP contribution is 2.13. The van der Waals surface area contributed by atoms with Crippen LogP contribution in [0.4, 0.5) is 0 Å². The maximum absolute atomic E-state index is 11.9. The maximum Gasteiger partial charge on any atom is 0.244 e. The van der Waals surface area contributed by atoms with E-state index >= 15 is 0 Å². The number of carbonyl (C=O) groups excluding carboxylic acids is 1. The zero-order chi connectivity index (χ0) is 16.8. The number of nitrogens with zero attached hydrogens (tertiary/aromatic N) is 2. The molecule has 2 rings (SSSR count). The number of ether oxygens (including phenoxy) is 1. The molecule has 0 saturated heterocycles. The summed E-state index contributed by atoms with van der Waals surface area (Å²) in [7, 11) is 1.61. The van der Waals surface area contributed by atoms with Crippen LogP contribution in [0.25, 0.3) is 0 Å². The Hall–Kier alpha value is -2.56. The highest BCUT2D eigenvalue weighted by molar-refractivity contribution is 5.84. The van der Waals surface area contributed by atoms with Crippen LogP contribution in [0.1, 0.15) is 29.4 Å². The molecule has 1 N–H and O–H groups in total. The predicted molar refractivity (Wildman–Crippen MR) is 92.0 cm³/mol. The van der Waals surface area contributed by atoms with Crippen LogP contribution >= 0.6 is 0 Å². The molecular weight excluding hydrogens is 290 g/mol. The lowest BCUT2D eigenvalue weighted by Crippen LogP contribution is -2.19. The van der Waals surface area contributed by atoms with Gasteiger partial charge in [0.1, 0.15) is 5.75 Å². The molecule has 23 heavy (non-hydrogen) atoms. The summed E-state index contributed by atoms with van der Waals surface area (Å²) in [6.07, 6.45) is 1.96. The number of nitrogens with one attached hydrogen (secondary N) is 1. The van der Waals surface area contributed by atoms with Gasteiger partial charge in [-0.1, -0.05) is 12.1 Å². The van der Waals surface area contributed by atoms with E-state index in [4.69, 9.17) is 4.74 Å². The summed E-state index contributed by atoms with van der Waals surface area (Å²) in [5, 5.41) is 4.06. The number of aromatic nitrogens is 1. The summed E-state index contributed by atoms with van der Waals surface area (Å²) in [6, 6.07) is 9.52. The molecule has 122 valence electrons. The summed E-state index contributed by atoms with van der Waals surface area (Å²) >= 11 is 0. The minimum atomic E-state index is -0.154. The molecule has 1 aromatic heterocycles. The third kappa shape index (κ3) is 4.22. The van der Waals surface area contributed by atoms with Gasteiger partial charge in [-0.05, 0) is 44.5 Å². The number of benzene rings is 1. The minimum absolute atomic E-state index is 0.154. The summed E-state index contributed by atoms with van der Waals surface area (Å²) in [5.41, 5.74) is 6.82. The lowest BCUT2D eigenvalue weighted by Gasteiger charge is -2.04. The molecule has 5 heteroatoms. The maximum atomic E-state index is 11.9. The van der Waals surface area contributed by atoms with Crippen molar-refractivity contribution in [3.8, 4) is 5.75 Å². The molecule has 0 unspecified atom stereocenters. The van der Waals surface area contributed by atoms with Gasteiger partial charge in [0, 0.05) is 23.5 Å². The Labute approximate surface area is 137 Å². The molecule has 1 amide bonds. The fourth-order valence-electron chi connectivity index (χ4n) is 2.63. The van der Waals surface area contributed by atoms with E-state index in [0.717, 1.165) is 29.1 Å². The fraction of sp³-hybridized carbons (Fsp3) is 0.333. The largest absolute Gasteiger partial charge is 0.497 e. The Morgan fingerprint density at radius 2 is 2.13 bits per heavy atom. The van der Waals surface area contributed by atoms with Gasteiger partial charge in [0.2, 0.25) is 5.91 Å². The van der Waals surface area contributed by atoms with Crippen molar-refractivity contribution in [2.75, 3.05) is 7.11 Å². The minimum Gasteiger partial charge on any atom is -0.497 e. The summed E-state index contributed by atoms with van der Waals surface area (Å²) < 4.78 is 7.36. The molecule has 1 aromatic carbocycles. The van der Waals surface area contributed by atoms with Crippen LogP contribution in [0.2, 0.25) is 0 Å². The topological polar surface area (TPSA) is 55.6 Å². The normalized spacial score (nSPS) is 11.0. The van der Waals surface area contributed by atoms with Crippen molar-refractivity contribution < 1.29 is 9.53 Å². The lowest BCUT2D eigenvalue weighted by molar-refractivity contribution is -0.120. The number of aryl methyl sites for hydroxylation is 1. The monoisotopic (exact) mass is 313 g/mol. The second-order valence-electron chi connectivity index (χ2n) is 5.39. The van der Waals surface area contributed by atoms with E-state index in [1.165, 1.54) is 5.69 Å². The van der Waals surface area contributed by atoms with Crippen molar-refractivity contribution >= 4 is 12.1 Å². The van der Waals surface area contributed by atoms with Crippen molar-refractivity contribution in [3.05, 3.63) is 52.8 Å². The van der Waals surface area contributed by atoms with Gasteiger partial charge in [0.25, 0.3) is 0 Å². The van der Waals surface area contributed by atoms with E-state index in [1.54, 1.807) is 13.3 Å². The highest BCUT2D eigenvalue weighted by Gasteiger charge is 2.06. The number of hydrogen-bond acceptors (Lipinski definition) is 3. The van der Waals surface area contributed by atoms with E-state index in [1.807, 2.05) is 24.3 Å². The first-order chi connectivity index (χ1) is 11.0. The number of hydrogen-bond donors (Lipinski definition) is 1. The van der Waals surface area contributed by atoms with Gasteiger partial charge in [0.15, 0.2) is 0 Å². The molecule has 0 aliphatic rings. The fourth-order valence-corrected chi connectivity index (χ4v) is 2.63. The predicted octanol–water partition coefficient (Wildman–Crippen LogP) is 2.83. The van der Waals surface area contributed by atoms with E-state index in [9.17, 15) is 4.79 Å². The van der Waals surface area contributed by atoms with Crippen LogP contribution in [0.15, 0.2) is 35.4 Å². The number of amides is 1. The quantitative estimate of drug-likeness (QED) is 0.658. The summed E-state index contributed by atoms with van der Waals surface area (Å²) in [4.78, 5) is 11.9. The zero-order valence-electron chi connectivity index (χ0n) is 14.1. The molecule has 0 fully saturated rings. The molecule has 2 aromatic rings. The Kier molecular flexibility index (Phi) is 5.57. The van der Waals surface area contributed by atoms with Crippen LogP contribution in [-0.2, 0) is 17.8 Å². The van der Waals surface area contributed by atoms with Crippen LogP contribution in [-0.4, -0.2) is 23.8 Å². The molecule has 5 nitrogen and oxygen atoms in total. The smallest absolute Gasteiger partial charge is 0.244 e.